The second kappa shape index (κ2) is 3.69. The van der Waals surface area contributed by atoms with Crippen LogP contribution in [0, 0.1) is 11.3 Å². The Morgan fingerprint density at radius 3 is 2.75 bits per heavy atom. The molecule has 2 atom stereocenters. The highest BCUT2D eigenvalue weighted by Gasteiger charge is 2.44. The third kappa shape index (κ3) is 1.66. The van der Waals surface area contributed by atoms with Crippen molar-refractivity contribution in [1.29, 1.82) is 0 Å². The van der Waals surface area contributed by atoms with Crippen LogP contribution in [0.1, 0.15) is 39.5 Å². The van der Waals surface area contributed by atoms with Gasteiger partial charge in [-0.1, -0.05) is 17.7 Å². The number of hydrogen-bond donors (Lipinski definition) is 0. The quantitative estimate of drug-likeness (QED) is 0.634. The lowest BCUT2D eigenvalue weighted by Gasteiger charge is -2.40. The molecule has 0 aliphatic heterocycles. The number of ketones is 2. The molecule has 0 radical (unpaired) electrons. The molecule has 1 saturated carbocycles. The number of fused-ring (bicyclic) bond motifs is 1. The molecule has 0 aromatic carbocycles. The van der Waals surface area contributed by atoms with E-state index in [0.29, 0.717) is 19.3 Å². The van der Waals surface area contributed by atoms with Gasteiger partial charge in [-0.05, 0) is 38.7 Å². The molecule has 0 heterocycles. The highest BCUT2D eigenvalue weighted by Crippen LogP contribution is 2.47. The predicted octanol–water partition coefficient (Wildman–Crippen LogP) is 2.84. The van der Waals surface area contributed by atoms with E-state index >= 15 is 0 Å². The minimum Gasteiger partial charge on any atom is -0.299 e. The van der Waals surface area contributed by atoms with E-state index < -0.39 is 0 Å². The Hall–Kier alpha value is -1.18. The van der Waals surface area contributed by atoms with Crippen LogP contribution in [-0.4, -0.2) is 11.6 Å². The summed E-state index contributed by atoms with van der Waals surface area (Å²) in [6, 6.07) is 0. The third-order valence-electron chi connectivity index (χ3n) is 4.13. The van der Waals surface area contributed by atoms with E-state index in [1.54, 1.807) is 6.08 Å². The molecule has 0 N–H and O–H groups in total. The second-order valence-corrected chi connectivity index (χ2v) is 5.34. The Morgan fingerprint density at radius 1 is 1.44 bits per heavy atom. The Balaban J connectivity index is 2.36. The maximum atomic E-state index is 12.2. The van der Waals surface area contributed by atoms with Crippen molar-refractivity contribution >= 4 is 11.6 Å². The molecular weight excluding hydrogens is 200 g/mol. The highest BCUT2D eigenvalue weighted by molar-refractivity contribution is 5.97. The van der Waals surface area contributed by atoms with Gasteiger partial charge in [0, 0.05) is 18.3 Å². The summed E-state index contributed by atoms with van der Waals surface area (Å²) in [5.74, 6) is 0.686. The average Bonchev–Trinajstić information content (AvgIpc) is 2.21. The van der Waals surface area contributed by atoms with Gasteiger partial charge in [0.05, 0.1) is 0 Å². The van der Waals surface area contributed by atoms with Gasteiger partial charge in [-0.2, -0.15) is 0 Å². The monoisotopic (exact) mass is 218 g/mol. The zero-order valence-corrected chi connectivity index (χ0v) is 10.0. The fraction of sp³-hybridized carbons (Fsp3) is 0.571. The summed E-state index contributed by atoms with van der Waals surface area (Å²) >= 11 is 0. The van der Waals surface area contributed by atoms with Gasteiger partial charge in [-0.3, -0.25) is 9.59 Å². The minimum absolute atomic E-state index is 0.169. The summed E-state index contributed by atoms with van der Waals surface area (Å²) in [6.45, 7) is 7.88. The largest absolute Gasteiger partial charge is 0.299 e. The Bertz CT molecular complexity index is 403. The summed E-state index contributed by atoms with van der Waals surface area (Å²) < 4.78 is 0. The second-order valence-electron chi connectivity index (χ2n) is 5.34. The molecule has 0 unspecified atom stereocenters. The molecule has 2 heteroatoms. The summed E-state index contributed by atoms with van der Waals surface area (Å²) in [5, 5.41) is 0. The number of carbonyl (C=O) groups is 2. The molecule has 0 saturated heterocycles. The van der Waals surface area contributed by atoms with Crippen molar-refractivity contribution in [3.63, 3.8) is 0 Å². The fourth-order valence-electron chi connectivity index (χ4n) is 2.70. The first-order chi connectivity index (χ1) is 7.43. The van der Waals surface area contributed by atoms with Gasteiger partial charge in [0.2, 0.25) is 0 Å². The van der Waals surface area contributed by atoms with Crippen LogP contribution in [0.4, 0.5) is 0 Å². The molecular formula is C14H18O2. The van der Waals surface area contributed by atoms with Gasteiger partial charge in [-0.15, -0.1) is 0 Å². The van der Waals surface area contributed by atoms with E-state index in [9.17, 15) is 9.59 Å². The van der Waals surface area contributed by atoms with Gasteiger partial charge in [0.15, 0.2) is 5.78 Å². The van der Waals surface area contributed by atoms with Gasteiger partial charge in [0.1, 0.15) is 5.78 Å². The van der Waals surface area contributed by atoms with Gasteiger partial charge in [-0.25, -0.2) is 0 Å². The first-order valence-electron chi connectivity index (χ1n) is 5.86. The lowest BCUT2D eigenvalue weighted by atomic mass is 9.62. The van der Waals surface area contributed by atoms with Gasteiger partial charge < -0.3 is 0 Å². The van der Waals surface area contributed by atoms with E-state index in [2.05, 4.69) is 6.58 Å². The van der Waals surface area contributed by atoms with Crippen LogP contribution in [0.3, 0.4) is 0 Å². The molecule has 0 spiro atoms. The lowest BCUT2D eigenvalue weighted by Crippen LogP contribution is -2.39. The standard InChI is InChI=1S/C14H18O2/c1-9(2)10-6-11-8-12(15)4-5-14(11,3)13(16)7-10/h8,10H,1,4-7H2,2-3H3/t10-,14-/m1/s1. The Labute approximate surface area is 96.4 Å². The number of rotatable bonds is 1. The van der Waals surface area contributed by atoms with Gasteiger partial charge >= 0.3 is 0 Å². The summed E-state index contributed by atoms with van der Waals surface area (Å²) in [5.41, 5.74) is 1.72. The van der Waals surface area contributed by atoms with Crippen LogP contribution < -0.4 is 0 Å². The molecule has 2 rings (SSSR count). The fourth-order valence-corrected chi connectivity index (χ4v) is 2.70. The maximum absolute atomic E-state index is 12.2. The molecule has 0 aromatic rings. The molecule has 0 amide bonds. The summed E-state index contributed by atoms with van der Waals surface area (Å²) in [4.78, 5) is 23.6. The SMILES string of the molecule is C=C(C)[C@H]1CC(=O)[C@]2(C)CCC(=O)C=C2C1. The molecule has 2 nitrogen and oxygen atoms in total. The van der Waals surface area contributed by atoms with Crippen molar-refractivity contribution < 1.29 is 9.59 Å². The van der Waals surface area contributed by atoms with E-state index in [1.807, 2.05) is 13.8 Å². The van der Waals surface area contributed by atoms with Gasteiger partial charge in [0.25, 0.3) is 0 Å². The normalized spacial score (nSPS) is 34.4. The van der Waals surface area contributed by atoms with E-state index in [1.165, 1.54) is 0 Å². The lowest BCUT2D eigenvalue weighted by molar-refractivity contribution is -0.129. The molecule has 0 aromatic heterocycles. The average molecular weight is 218 g/mol. The van der Waals surface area contributed by atoms with Crippen LogP contribution in [0.25, 0.3) is 0 Å². The topological polar surface area (TPSA) is 34.1 Å². The van der Waals surface area contributed by atoms with E-state index in [4.69, 9.17) is 0 Å². The Kier molecular flexibility index (Phi) is 2.61. The first-order valence-corrected chi connectivity index (χ1v) is 5.86. The maximum Gasteiger partial charge on any atom is 0.155 e. The number of hydrogen-bond acceptors (Lipinski definition) is 2. The molecule has 1 fully saturated rings. The van der Waals surface area contributed by atoms with Crippen molar-refractivity contribution in [2.45, 2.75) is 39.5 Å². The van der Waals surface area contributed by atoms with Crippen molar-refractivity contribution in [3.05, 3.63) is 23.8 Å². The molecule has 16 heavy (non-hydrogen) atoms. The zero-order chi connectivity index (χ0) is 11.9. The van der Waals surface area contributed by atoms with Crippen LogP contribution >= 0.6 is 0 Å². The zero-order valence-electron chi connectivity index (χ0n) is 10.0. The number of allylic oxidation sites excluding steroid dienone is 3. The molecule has 86 valence electrons. The van der Waals surface area contributed by atoms with Crippen molar-refractivity contribution in [1.82, 2.24) is 0 Å². The van der Waals surface area contributed by atoms with Crippen molar-refractivity contribution in [2.24, 2.45) is 11.3 Å². The van der Waals surface area contributed by atoms with Crippen LogP contribution in [0.5, 0.6) is 0 Å². The minimum atomic E-state index is -0.361. The molecule has 2 aliphatic rings. The first kappa shape index (κ1) is 11.3. The highest BCUT2D eigenvalue weighted by atomic mass is 16.1. The van der Waals surface area contributed by atoms with Crippen molar-refractivity contribution in [3.8, 4) is 0 Å². The molecule has 2 aliphatic carbocycles. The molecule has 0 bridgehead atoms. The van der Waals surface area contributed by atoms with E-state index in [0.717, 1.165) is 17.6 Å². The summed E-state index contributed by atoms with van der Waals surface area (Å²) in [6.07, 6.45) is 4.35. The van der Waals surface area contributed by atoms with Crippen LogP contribution in [0.15, 0.2) is 23.8 Å². The van der Waals surface area contributed by atoms with Crippen LogP contribution in [-0.2, 0) is 9.59 Å². The van der Waals surface area contributed by atoms with E-state index in [-0.39, 0.29) is 22.9 Å². The number of Topliss-reactive ketones (excluding diaryl/α,β-unsaturated/α-hetero) is 1. The third-order valence-corrected chi connectivity index (χ3v) is 4.13. The smallest absolute Gasteiger partial charge is 0.155 e. The Morgan fingerprint density at radius 2 is 2.12 bits per heavy atom. The number of carbonyl (C=O) groups excluding carboxylic acids is 2. The summed E-state index contributed by atoms with van der Waals surface area (Å²) in [7, 11) is 0. The predicted molar refractivity (Wildman–Crippen MR) is 63.0 cm³/mol. The van der Waals surface area contributed by atoms with Crippen molar-refractivity contribution in [2.75, 3.05) is 0 Å². The van der Waals surface area contributed by atoms with Crippen LogP contribution in [0.2, 0.25) is 0 Å².